The fraction of sp³-hybridized carbons (Fsp3) is 0.412. The molecule has 120 valence electrons. The standard InChI is InChI=1S/C17H23NO4/c1-2-3-4-5-6-12-22-15-9-7-8-14(13-15)18-16(19)10-11-17(20)21/h7-11,13H,2-6,12H2,1H3,(H,18,19)(H,20,21)/b11-10+. The third-order valence-corrected chi connectivity index (χ3v) is 3.00. The molecule has 5 heteroatoms. The monoisotopic (exact) mass is 305 g/mol. The van der Waals surface area contributed by atoms with Gasteiger partial charge in [-0.3, -0.25) is 4.79 Å². The molecule has 0 bridgehead atoms. The van der Waals surface area contributed by atoms with Crippen molar-refractivity contribution >= 4 is 17.6 Å². The molecule has 0 spiro atoms. The van der Waals surface area contributed by atoms with Crippen molar-refractivity contribution in [2.75, 3.05) is 11.9 Å². The Morgan fingerprint density at radius 2 is 1.95 bits per heavy atom. The van der Waals surface area contributed by atoms with Crippen molar-refractivity contribution in [3.8, 4) is 5.75 Å². The molecule has 1 aromatic rings. The molecule has 0 aliphatic rings. The molecule has 0 saturated heterocycles. The summed E-state index contributed by atoms with van der Waals surface area (Å²) >= 11 is 0. The molecule has 1 amide bonds. The predicted octanol–water partition coefficient (Wildman–Crippen LogP) is 3.62. The average molecular weight is 305 g/mol. The summed E-state index contributed by atoms with van der Waals surface area (Å²) in [7, 11) is 0. The van der Waals surface area contributed by atoms with E-state index in [-0.39, 0.29) is 0 Å². The zero-order chi connectivity index (χ0) is 16.2. The second-order valence-electron chi connectivity index (χ2n) is 4.95. The highest BCUT2D eigenvalue weighted by molar-refractivity contribution is 6.02. The summed E-state index contributed by atoms with van der Waals surface area (Å²) in [5.74, 6) is -0.954. The van der Waals surface area contributed by atoms with Crippen LogP contribution in [0.25, 0.3) is 0 Å². The molecule has 0 fully saturated rings. The molecule has 2 N–H and O–H groups in total. The molecule has 0 atom stereocenters. The maximum absolute atomic E-state index is 11.5. The molecule has 0 unspecified atom stereocenters. The number of hydrogen-bond acceptors (Lipinski definition) is 3. The first-order valence-electron chi connectivity index (χ1n) is 7.56. The number of rotatable bonds is 10. The Morgan fingerprint density at radius 3 is 2.68 bits per heavy atom. The van der Waals surface area contributed by atoms with E-state index in [1.807, 2.05) is 6.07 Å². The maximum Gasteiger partial charge on any atom is 0.328 e. The van der Waals surface area contributed by atoms with Crippen LogP contribution < -0.4 is 10.1 Å². The first-order valence-corrected chi connectivity index (χ1v) is 7.56. The third kappa shape index (κ3) is 8.09. The van der Waals surface area contributed by atoms with Gasteiger partial charge < -0.3 is 15.2 Å². The molecule has 5 nitrogen and oxygen atoms in total. The van der Waals surface area contributed by atoms with Crippen LogP contribution >= 0.6 is 0 Å². The van der Waals surface area contributed by atoms with Crippen LogP contribution in [0.4, 0.5) is 5.69 Å². The van der Waals surface area contributed by atoms with Gasteiger partial charge in [0.2, 0.25) is 5.91 Å². The van der Waals surface area contributed by atoms with E-state index in [0.717, 1.165) is 25.0 Å². The van der Waals surface area contributed by atoms with Gasteiger partial charge in [0.15, 0.2) is 0 Å². The second-order valence-corrected chi connectivity index (χ2v) is 4.95. The van der Waals surface area contributed by atoms with E-state index in [0.29, 0.717) is 18.0 Å². The molecule has 0 radical (unpaired) electrons. The molecule has 0 saturated carbocycles. The van der Waals surface area contributed by atoms with Gasteiger partial charge in [0, 0.05) is 23.9 Å². The zero-order valence-electron chi connectivity index (χ0n) is 12.9. The Kier molecular flexibility index (Phi) is 8.42. The molecule has 0 aliphatic carbocycles. The van der Waals surface area contributed by atoms with Crippen molar-refractivity contribution in [1.29, 1.82) is 0 Å². The predicted molar refractivity (Wildman–Crippen MR) is 86.1 cm³/mol. The van der Waals surface area contributed by atoms with Crippen LogP contribution in [0.3, 0.4) is 0 Å². The lowest BCUT2D eigenvalue weighted by Gasteiger charge is -2.08. The average Bonchev–Trinajstić information content (AvgIpc) is 2.49. The molecule has 0 aliphatic heterocycles. The van der Waals surface area contributed by atoms with Crippen LogP contribution in [0.1, 0.15) is 39.0 Å². The van der Waals surface area contributed by atoms with Crippen LogP contribution in [0.5, 0.6) is 5.75 Å². The minimum Gasteiger partial charge on any atom is -0.494 e. The van der Waals surface area contributed by atoms with Gasteiger partial charge in [0.25, 0.3) is 0 Å². The van der Waals surface area contributed by atoms with E-state index in [1.165, 1.54) is 19.3 Å². The highest BCUT2D eigenvalue weighted by atomic mass is 16.5. The molecule has 1 rings (SSSR count). The summed E-state index contributed by atoms with van der Waals surface area (Å²) in [6.07, 6.45) is 7.65. The van der Waals surface area contributed by atoms with Crippen molar-refractivity contribution in [3.05, 3.63) is 36.4 Å². The van der Waals surface area contributed by atoms with Gasteiger partial charge in [-0.1, -0.05) is 38.7 Å². The molecule has 22 heavy (non-hydrogen) atoms. The lowest BCUT2D eigenvalue weighted by molar-refractivity contribution is -0.131. The Balaban J connectivity index is 2.38. The smallest absolute Gasteiger partial charge is 0.328 e. The van der Waals surface area contributed by atoms with Crippen LogP contribution in [0.2, 0.25) is 0 Å². The third-order valence-electron chi connectivity index (χ3n) is 3.00. The second kappa shape index (κ2) is 10.4. The normalized spacial score (nSPS) is 10.6. The molecule has 0 aromatic heterocycles. The summed E-state index contributed by atoms with van der Waals surface area (Å²) in [5.41, 5.74) is 0.573. The van der Waals surface area contributed by atoms with Gasteiger partial charge in [0.05, 0.1) is 6.61 Å². The minimum absolute atomic E-state index is 0.487. The van der Waals surface area contributed by atoms with E-state index >= 15 is 0 Å². The van der Waals surface area contributed by atoms with Gasteiger partial charge in [-0.05, 0) is 18.6 Å². The van der Waals surface area contributed by atoms with Crippen LogP contribution in [0, 0.1) is 0 Å². The van der Waals surface area contributed by atoms with Crippen molar-refractivity contribution in [1.82, 2.24) is 0 Å². The fourth-order valence-electron chi connectivity index (χ4n) is 1.89. The van der Waals surface area contributed by atoms with E-state index in [4.69, 9.17) is 9.84 Å². The number of aliphatic carboxylic acids is 1. The molecular formula is C17H23NO4. The SMILES string of the molecule is CCCCCCCOc1cccc(NC(=O)/C=C/C(=O)O)c1. The van der Waals surface area contributed by atoms with E-state index in [2.05, 4.69) is 12.2 Å². The lowest BCUT2D eigenvalue weighted by Crippen LogP contribution is -2.08. The number of carbonyl (C=O) groups is 2. The van der Waals surface area contributed by atoms with Crippen LogP contribution in [-0.2, 0) is 9.59 Å². The molecule has 0 heterocycles. The Bertz CT molecular complexity index is 511. The highest BCUT2D eigenvalue weighted by Gasteiger charge is 2.01. The summed E-state index contributed by atoms with van der Waals surface area (Å²) < 4.78 is 5.64. The zero-order valence-corrected chi connectivity index (χ0v) is 12.9. The summed E-state index contributed by atoms with van der Waals surface area (Å²) in [6.45, 7) is 2.84. The van der Waals surface area contributed by atoms with Crippen molar-refractivity contribution in [2.24, 2.45) is 0 Å². The quantitative estimate of drug-likeness (QED) is 0.511. The van der Waals surface area contributed by atoms with Crippen LogP contribution in [0.15, 0.2) is 36.4 Å². The van der Waals surface area contributed by atoms with E-state index in [1.54, 1.807) is 18.2 Å². The lowest BCUT2D eigenvalue weighted by atomic mass is 10.2. The Hall–Kier alpha value is -2.30. The first-order chi connectivity index (χ1) is 10.6. The Labute approximate surface area is 131 Å². The number of anilines is 1. The minimum atomic E-state index is -1.16. The fourth-order valence-corrected chi connectivity index (χ4v) is 1.89. The highest BCUT2D eigenvalue weighted by Crippen LogP contribution is 2.18. The van der Waals surface area contributed by atoms with Gasteiger partial charge in [-0.25, -0.2) is 4.79 Å². The van der Waals surface area contributed by atoms with Gasteiger partial charge >= 0.3 is 5.97 Å². The molecular weight excluding hydrogens is 282 g/mol. The van der Waals surface area contributed by atoms with Crippen molar-refractivity contribution in [2.45, 2.75) is 39.0 Å². The first kappa shape index (κ1) is 17.8. The summed E-state index contributed by atoms with van der Waals surface area (Å²) in [6, 6.07) is 7.05. The van der Waals surface area contributed by atoms with E-state index in [9.17, 15) is 9.59 Å². The topological polar surface area (TPSA) is 75.6 Å². The number of amides is 1. The molecule has 1 aromatic carbocycles. The number of carboxylic acids is 1. The largest absolute Gasteiger partial charge is 0.494 e. The summed E-state index contributed by atoms with van der Waals surface area (Å²) in [5, 5.41) is 11.0. The maximum atomic E-state index is 11.5. The van der Waals surface area contributed by atoms with Crippen molar-refractivity contribution in [3.63, 3.8) is 0 Å². The number of unbranched alkanes of at least 4 members (excludes halogenated alkanes) is 4. The number of hydrogen-bond donors (Lipinski definition) is 2. The number of carboxylic acid groups (broad SMARTS) is 1. The van der Waals surface area contributed by atoms with Crippen LogP contribution in [-0.4, -0.2) is 23.6 Å². The van der Waals surface area contributed by atoms with Gasteiger partial charge in [-0.15, -0.1) is 0 Å². The van der Waals surface area contributed by atoms with Crippen molar-refractivity contribution < 1.29 is 19.4 Å². The van der Waals surface area contributed by atoms with E-state index < -0.39 is 11.9 Å². The Morgan fingerprint density at radius 1 is 1.18 bits per heavy atom. The number of ether oxygens (including phenoxy) is 1. The number of nitrogens with one attached hydrogen (secondary N) is 1. The van der Waals surface area contributed by atoms with Gasteiger partial charge in [0.1, 0.15) is 5.75 Å². The van der Waals surface area contributed by atoms with Gasteiger partial charge in [-0.2, -0.15) is 0 Å². The number of benzene rings is 1. The summed E-state index contributed by atoms with van der Waals surface area (Å²) in [4.78, 5) is 21.8. The number of carbonyl (C=O) groups excluding carboxylic acids is 1.